The Bertz CT molecular complexity index is 897. The summed E-state index contributed by atoms with van der Waals surface area (Å²) in [7, 11) is 0. The topological polar surface area (TPSA) is 50.2 Å². The molecule has 1 saturated carbocycles. The molecule has 0 radical (unpaired) electrons. The fraction of sp³-hybridized carbons (Fsp3) is 0.391. The zero-order valence-electron chi connectivity index (χ0n) is 16.3. The number of carbonyl (C=O) groups excluding carboxylic acids is 1. The highest BCUT2D eigenvalue weighted by Crippen LogP contribution is 2.30. The number of fused-ring (bicyclic) bond motifs is 1. The van der Waals surface area contributed by atoms with Crippen LogP contribution in [0.4, 0.5) is 0 Å². The van der Waals surface area contributed by atoms with E-state index in [1.54, 1.807) is 6.20 Å². The molecule has 4 rings (SSSR count). The summed E-state index contributed by atoms with van der Waals surface area (Å²) in [6.07, 6.45) is 9.51. The number of nitrogens with zero attached hydrogens (tertiary/aromatic N) is 3. The summed E-state index contributed by atoms with van der Waals surface area (Å²) in [6, 6.07) is 15.7. The van der Waals surface area contributed by atoms with Crippen LogP contribution in [0.15, 0.2) is 61.2 Å². The summed E-state index contributed by atoms with van der Waals surface area (Å²) in [5, 5.41) is 5.66. The number of benzene rings is 2. The summed E-state index contributed by atoms with van der Waals surface area (Å²) in [6.45, 7) is 3.33. The molecule has 1 fully saturated rings. The van der Waals surface area contributed by atoms with E-state index < -0.39 is 0 Å². The summed E-state index contributed by atoms with van der Waals surface area (Å²) in [5.41, 5.74) is 1.35. The number of hydrogen-bond donors (Lipinski definition) is 1. The lowest BCUT2D eigenvalue weighted by Crippen LogP contribution is -2.32. The summed E-state index contributed by atoms with van der Waals surface area (Å²) in [4.78, 5) is 18.8. The number of imidazole rings is 1. The van der Waals surface area contributed by atoms with Crippen molar-refractivity contribution in [1.82, 2.24) is 19.8 Å². The van der Waals surface area contributed by atoms with Crippen molar-refractivity contribution in [3.8, 4) is 0 Å². The minimum absolute atomic E-state index is 0.147. The molecule has 2 aromatic carbocycles. The number of hydrogen-bond acceptors (Lipinski definition) is 3. The molecule has 1 amide bonds. The van der Waals surface area contributed by atoms with Gasteiger partial charge in [-0.25, -0.2) is 4.98 Å². The largest absolute Gasteiger partial charge is 0.356 e. The molecule has 0 atom stereocenters. The molecule has 5 heteroatoms. The van der Waals surface area contributed by atoms with Gasteiger partial charge in [-0.15, -0.1) is 0 Å². The van der Waals surface area contributed by atoms with Crippen LogP contribution < -0.4 is 5.32 Å². The van der Waals surface area contributed by atoms with Crippen molar-refractivity contribution in [2.24, 2.45) is 0 Å². The molecule has 1 aromatic heterocycles. The highest BCUT2D eigenvalue weighted by molar-refractivity contribution is 5.85. The molecule has 5 nitrogen and oxygen atoms in total. The normalized spacial score (nSPS) is 13.9. The Morgan fingerprint density at radius 2 is 2.04 bits per heavy atom. The first kappa shape index (κ1) is 18.7. The molecule has 3 aromatic rings. The van der Waals surface area contributed by atoms with Crippen molar-refractivity contribution in [2.45, 2.75) is 44.8 Å². The fourth-order valence-corrected chi connectivity index (χ4v) is 3.72. The van der Waals surface area contributed by atoms with Gasteiger partial charge in [0, 0.05) is 51.0 Å². The maximum absolute atomic E-state index is 12.3. The molecule has 0 saturated heterocycles. The predicted octanol–water partition coefficient (Wildman–Crippen LogP) is 3.60. The van der Waals surface area contributed by atoms with E-state index in [1.807, 2.05) is 17.1 Å². The van der Waals surface area contributed by atoms with Gasteiger partial charge < -0.3 is 9.88 Å². The van der Waals surface area contributed by atoms with Crippen molar-refractivity contribution in [1.29, 1.82) is 0 Å². The fourth-order valence-electron chi connectivity index (χ4n) is 3.72. The molecule has 146 valence electrons. The molecule has 0 spiro atoms. The molecule has 28 heavy (non-hydrogen) atoms. The molecule has 0 unspecified atom stereocenters. The van der Waals surface area contributed by atoms with E-state index in [1.165, 1.54) is 29.2 Å². The average Bonchev–Trinajstić information content (AvgIpc) is 3.44. The van der Waals surface area contributed by atoms with E-state index in [4.69, 9.17) is 0 Å². The monoisotopic (exact) mass is 376 g/mol. The van der Waals surface area contributed by atoms with Crippen molar-refractivity contribution in [2.75, 3.05) is 13.1 Å². The third-order valence-corrected chi connectivity index (χ3v) is 5.42. The van der Waals surface area contributed by atoms with Gasteiger partial charge in [-0.3, -0.25) is 9.69 Å². The molecular formula is C23H28N4O. The Morgan fingerprint density at radius 3 is 2.86 bits per heavy atom. The van der Waals surface area contributed by atoms with Crippen LogP contribution in [0.25, 0.3) is 10.8 Å². The third-order valence-electron chi connectivity index (χ3n) is 5.42. The summed E-state index contributed by atoms with van der Waals surface area (Å²) >= 11 is 0. The van der Waals surface area contributed by atoms with Crippen molar-refractivity contribution in [3.63, 3.8) is 0 Å². The molecular weight excluding hydrogens is 348 g/mol. The first-order valence-electron chi connectivity index (χ1n) is 10.2. The number of amides is 1. The third kappa shape index (κ3) is 4.98. The molecule has 1 aliphatic carbocycles. The number of aryl methyl sites for hydroxylation is 1. The SMILES string of the molecule is O=C(CCN(Cc1cccc2ccccc12)C1CC1)NCCCn1ccnc1. The minimum Gasteiger partial charge on any atom is -0.356 e. The lowest BCUT2D eigenvalue weighted by molar-refractivity contribution is -0.121. The maximum atomic E-state index is 12.3. The van der Waals surface area contributed by atoms with E-state index >= 15 is 0 Å². The Labute approximate surface area is 166 Å². The Morgan fingerprint density at radius 1 is 1.18 bits per heavy atom. The lowest BCUT2D eigenvalue weighted by Gasteiger charge is -2.22. The first-order valence-corrected chi connectivity index (χ1v) is 10.2. The van der Waals surface area contributed by atoms with Gasteiger partial charge in [0.25, 0.3) is 0 Å². The van der Waals surface area contributed by atoms with Gasteiger partial charge in [-0.05, 0) is 35.6 Å². The van der Waals surface area contributed by atoms with Gasteiger partial charge in [0.05, 0.1) is 6.33 Å². The van der Waals surface area contributed by atoms with E-state index in [-0.39, 0.29) is 5.91 Å². The molecule has 0 bridgehead atoms. The highest BCUT2D eigenvalue weighted by atomic mass is 16.1. The second-order valence-corrected chi connectivity index (χ2v) is 7.59. The highest BCUT2D eigenvalue weighted by Gasteiger charge is 2.29. The smallest absolute Gasteiger partial charge is 0.221 e. The second kappa shape index (κ2) is 9.02. The van der Waals surface area contributed by atoms with E-state index in [9.17, 15) is 4.79 Å². The van der Waals surface area contributed by atoms with Crippen LogP contribution in [-0.2, 0) is 17.9 Å². The van der Waals surface area contributed by atoms with Crippen molar-refractivity contribution < 1.29 is 4.79 Å². The summed E-state index contributed by atoms with van der Waals surface area (Å²) < 4.78 is 2.03. The van der Waals surface area contributed by atoms with E-state index in [2.05, 4.69) is 57.7 Å². The lowest BCUT2D eigenvalue weighted by atomic mass is 10.0. The van der Waals surface area contributed by atoms with Crippen LogP contribution in [0, 0.1) is 0 Å². The van der Waals surface area contributed by atoms with Gasteiger partial charge in [0.15, 0.2) is 0 Å². The second-order valence-electron chi connectivity index (χ2n) is 7.59. The van der Waals surface area contributed by atoms with Crippen LogP contribution in [0.5, 0.6) is 0 Å². The number of rotatable bonds is 10. The van der Waals surface area contributed by atoms with E-state index in [0.29, 0.717) is 19.0 Å². The number of nitrogens with one attached hydrogen (secondary N) is 1. The molecule has 1 aliphatic rings. The van der Waals surface area contributed by atoms with E-state index in [0.717, 1.165) is 26.1 Å². The van der Waals surface area contributed by atoms with Crippen LogP contribution in [-0.4, -0.2) is 39.5 Å². The van der Waals surface area contributed by atoms with Gasteiger partial charge in [-0.2, -0.15) is 0 Å². The Hall–Kier alpha value is -2.66. The number of aromatic nitrogens is 2. The first-order chi connectivity index (χ1) is 13.8. The van der Waals surface area contributed by atoms with Gasteiger partial charge in [-0.1, -0.05) is 42.5 Å². The van der Waals surface area contributed by atoms with Crippen LogP contribution in [0.1, 0.15) is 31.2 Å². The number of carbonyl (C=O) groups is 1. The zero-order valence-corrected chi connectivity index (χ0v) is 16.3. The van der Waals surface area contributed by atoms with Crippen LogP contribution in [0.3, 0.4) is 0 Å². The maximum Gasteiger partial charge on any atom is 0.221 e. The Balaban J connectivity index is 1.26. The van der Waals surface area contributed by atoms with Crippen molar-refractivity contribution >= 4 is 16.7 Å². The minimum atomic E-state index is 0.147. The molecule has 0 aliphatic heterocycles. The zero-order chi connectivity index (χ0) is 19.2. The molecule has 1 N–H and O–H groups in total. The average molecular weight is 377 g/mol. The van der Waals surface area contributed by atoms with Crippen LogP contribution >= 0.6 is 0 Å². The summed E-state index contributed by atoms with van der Waals surface area (Å²) in [5.74, 6) is 0.147. The van der Waals surface area contributed by atoms with Gasteiger partial charge >= 0.3 is 0 Å². The van der Waals surface area contributed by atoms with Gasteiger partial charge in [0.1, 0.15) is 0 Å². The standard InChI is InChI=1S/C23H28N4O/c28-23(25-12-4-14-26-16-13-24-18-26)11-15-27(21-9-10-21)17-20-7-3-6-19-5-1-2-8-22(19)20/h1-3,5-8,13,16,18,21H,4,9-12,14-15,17H2,(H,25,28). The van der Waals surface area contributed by atoms with Gasteiger partial charge in [0.2, 0.25) is 5.91 Å². The quantitative estimate of drug-likeness (QED) is 0.550. The Kier molecular flexibility index (Phi) is 6.02. The predicted molar refractivity (Wildman–Crippen MR) is 112 cm³/mol. The van der Waals surface area contributed by atoms with Crippen molar-refractivity contribution in [3.05, 3.63) is 66.7 Å². The molecule has 1 heterocycles. The van der Waals surface area contributed by atoms with Crippen LogP contribution in [0.2, 0.25) is 0 Å².